The highest BCUT2D eigenvalue weighted by Crippen LogP contribution is 2.24. The largest absolute Gasteiger partial charge is 0.481 e. The van der Waals surface area contributed by atoms with Crippen LogP contribution < -0.4 is 10.1 Å². The molecule has 1 amide bonds. The van der Waals surface area contributed by atoms with Gasteiger partial charge < -0.3 is 15.2 Å². The molecule has 0 aromatic heterocycles. The van der Waals surface area contributed by atoms with E-state index in [1.807, 2.05) is 25.1 Å². The number of nitrogens with one attached hydrogen (secondary N) is 1. The van der Waals surface area contributed by atoms with Crippen molar-refractivity contribution in [3.8, 4) is 5.75 Å². The summed E-state index contributed by atoms with van der Waals surface area (Å²) >= 11 is 0. The summed E-state index contributed by atoms with van der Waals surface area (Å²) in [7, 11) is 0. The van der Waals surface area contributed by atoms with E-state index in [0.717, 1.165) is 5.56 Å². The van der Waals surface area contributed by atoms with Crippen molar-refractivity contribution < 1.29 is 19.4 Å². The van der Waals surface area contributed by atoms with Crippen molar-refractivity contribution in [1.82, 2.24) is 5.32 Å². The van der Waals surface area contributed by atoms with Gasteiger partial charge >= 0.3 is 5.97 Å². The molecule has 0 fully saturated rings. The first kappa shape index (κ1) is 17.0. The number of carbonyl (C=O) groups is 2. The third-order valence-electron chi connectivity index (χ3n) is 3.27. The number of hydrogen-bond acceptors (Lipinski definition) is 3. The number of aliphatic carboxylic acids is 1. The van der Waals surface area contributed by atoms with E-state index in [1.54, 1.807) is 6.92 Å². The molecule has 5 heteroatoms. The first-order valence-corrected chi connectivity index (χ1v) is 7.02. The standard InChI is InChI=1S/C16H23NO4/c1-9(2)14-7-6-13(8-10(14)3)21-12(5)15(18)17-11(4)16(19)20/h6-9,11-12H,1-5H3,(H,17,18)(H,19,20)/t11-,12?/m0/s1. The van der Waals surface area contributed by atoms with Crippen LogP contribution in [0.5, 0.6) is 5.75 Å². The summed E-state index contributed by atoms with van der Waals surface area (Å²) in [6, 6.07) is 4.76. The Balaban J connectivity index is 2.70. The first-order chi connectivity index (χ1) is 9.72. The van der Waals surface area contributed by atoms with Crippen LogP contribution in [0.4, 0.5) is 0 Å². The molecule has 0 bridgehead atoms. The lowest BCUT2D eigenvalue weighted by Gasteiger charge is -2.18. The fraction of sp³-hybridized carbons (Fsp3) is 0.500. The van der Waals surface area contributed by atoms with Crippen LogP contribution in [0.2, 0.25) is 0 Å². The summed E-state index contributed by atoms with van der Waals surface area (Å²) in [5.74, 6) is -0.498. The van der Waals surface area contributed by atoms with E-state index < -0.39 is 24.0 Å². The fourth-order valence-electron chi connectivity index (χ4n) is 2.02. The van der Waals surface area contributed by atoms with E-state index in [2.05, 4.69) is 19.2 Å². The van der Waals surface area contributed by atoms with Gasteiger partial charge in [0.1, 0.15) is 11.8 Å². The van der Waals surface area contributed by atoms with E-state index in [0.29, 0.717) is 11.7 Å². The Morgan fingerprint density at radius 3 is 2.29 bits per heavy atom. The molecule has 0 saturated carbocycles. The Hall–Kier alpha value is -2.04. The minimum atomic E-state index is -1.08. The maximum Gasteiger partial charge on any atom is 0.325 e. The van der Waals surface area contributed by atoms with E-state index in [4.69, 9.17) is 9.84 Å². The SMILES string of the molecule is Cc1cc(OC(C)C(=O)N[C@@H](C)C(=O)O)ccc1C(C)C. The number of carboxylic acid groups (broad SMARTS) is 1. The lowest BCUT2D eigenvalue weighted by Crippen LogP contribution is -2.44. The van der Waals surface area contributed by atoms with Crippen LogP contribution in [0.25, 0.3) is 0 Å². The van der Waals surface area contributed by atoms with Crippen molar-refractivity contribution in [2.75, 3.05) is 0 Å². The van der Waals surface area contributed by atoms with Crippen LogP contribution in [-0.2, 0) is 9.59 Å². The number of rotatable bonds is 6. The van der Waals surface area contributed by atoms with Gasteiger partial charge in [-0.1, -0.05) is 19.9 Å². The van der Waals surface area contributed by atoms with Gasteiger partial charge in [-0.25, -0.2) is 0 Å². The minimum Gasteiger partial charge on any atom is -0.481 e. The Labute approximate surface area is 125 Å². The summed E-state index contributed by atoms with van der Waals surface area (Å²) in [5.41, 5.74) is 2.34. The molecule has 0 spiro atoms. The summed E-state index contributed by atoms with van der Waals surface area (Å²) in [4.78, 5) is 22.5. The Bertz CT molecular complexity index is 525. The second-order valence-electron chi connectivity index (χ2n) is 5.50. The number of benzene rings is 1. The molecule has 1 aromatic rings. The lowest BCUT2D eigenvalue weighted by atomic mass is 9.98. The van der Waals surface area contributed by atoms with Crippen molar-refractivity contribution in [3.05, 3.63) is 29.3 Å². The lowest BCUT2D eigenvalue weighted by molar-refractivity contribution is -0.142. The maximum absolute atomic E-state index is 11.8. The number of hydrogen-bond donors (Lipinski definition) is 2. The molecule has 5 nitrogen and oxygen atoms in total. The van der Waals surface area contributed by atoms with Crippen molar-refractivity contribution in [1.29, 1.82) is 0 Å². The van der Waals surface area contributed by atoms with Crippen molar-refractivity contribution in [3.63, 3.8) is 0 Å². The van der Waals surface area contributed by atoms with Gasteiger partial charge in [0.05, 0.1) is 0 Å². The van der Waals surface area contributed by atoms with Gasteiger partial charge in [0.2, 0.25) is 0 Å². The monoisotopic (exact) mass is 293 g/mol. The third kappa shape index (κ3) is 4.77. The molecule has 2 N–H and O–H groups in total. The van der Waals surface area contributed by atoms with Crippen molar-refractivity contribution in [2.45, 2.75) is 52.7 Å². The summed E-state index contributed by atoms with van der Waals surface area (Å²) in [6.45, 7) is 9.24. The number of amides is 1. The zero-order chi connectivity index (χ0) is 16.2. The van der Waals surface area contributed by atoms with Gasteiger partial charge in [0.15, 0.2) is 6.10 Å². The predicted molar refractivity (Wildman–Crippen MR) is 80.6 cm³/mol. The highest BCUT2D eigenvalue weighted by molar-refractivity contribution is 5.86. The predicted octanol–water partition coefficient (Wildman–Crippen LogP) is 2.48. The van der Waals surface area contributed by atoms with Crippen LogP contribution in [0.1, 0.15) is 44.7 Å². The summed E-state index contributed by atoms with van der Waals surface area (Å²) < 4.78 is 5.57. The molecule has 1 aromatic carbocycles. The Morgan fingerprint density at radius 2 is 1.81 bits per heavy atom. The first-order valence-electron chi connectivity index (χ1n) is 7.02. The van der Waals surface area contributed by atoms with E-state index in [1.165, 1.54) is 12.5 Å². The van der Waals surface area contributed by atoms with Crippen LogP contribution in [0, 0.1) is 6.92 Å². The average molecular weight is 293 g/mol. The molecule has 0 aliphatic heterocycles. The second kappa shape index (κ2) is 7.11. The van der Waals surface area contributed by atoms with Crippen molar-refractivity contribution in [2.24, 2.45) is 0 Å². The number of ether oxygens (including phenoxy) is 1. The third-order valence-corrected chi connectivity index (χ3v) is 3.27. The van der Waals surface area contributed by atoms with Crippen LogP contribution in [0.3, 0.4) is 0 Å². The molecular weight excluding hydrogens is 270 g/mol. The molecule has 0 saturated heterocycles. The van der Waals surface area contributed by atoms with Crippen LogP contribution in [-0.4, -0.2) is 29.1 Å². The Kier molecular flexibility index (Phi) is 5.76. The van der Waals surface area contributed by atoms with E-state index in [9.17, 15) is 9.59 Å². The van der Waals surface area contributed by atoms with Gasteiger partial charge in [-0.2, -0.15) is 0 Å². The van der Waals surface area contributed by atoms with Gasteiger partial charge in [0.25, 0.3) is 5.91 Å². The van der Waals surface area contributed by atoms with Crippen LogP contribution in [0.15, 0.2) is 18.2 Å². The van der Waals surface area contributed by atoms with Crippen LogP contribution >= 0.6 is 0 Å². The van der Waals surface area contributed by atoms with Gasteiger partial charge in [-0.3, -0.25) is 9.59 Å². The highest BCUT2D eigenvalue weighted by atomic mass is 16.5. The number of aryl methyl sites for hydroxylation is 1. The quantitative estimate of drug-likeness (QED) is 0.845. The maximum atomic E-state index is 11.8. The molecule has 0 heterocycles. The van der Waals surface area contributed by atoms with Crippen molar-refractivity contribution >= 4 is 11.9 Å². The topological polar surface area (TPSA) is 75.6 Å². The van der Waals surface area contributed by atoms with E-state index >= 15 is 0 Å². The summed E-state index contributed by atoms with van der Waals surface area (Å²) in [6.07, 6.45) is -0.754. The van der Waals surface area contributed by atoms with E-state index in [-0.39, 0.29) is 0 Å². The van der Waals surface area contributed by atoms with Gasteiger partial charge in [-0.15, -0.1) is 0 Å². The molecular formula is C16H23NO4. The number of carbonyl (C=O) groups excluding carboxylic acids is 1. The smallest absolute Gasteiger partial charge is 0.325 e. The minimum absolute atomic E-state index is 0.427. The normalized spacial score (nSPS) is 13.6. The molecule has 116 valence electrons. The second-order valence-corrected chi connectivity index (χ2v) is 5.50. The molecule has 2 atom stereocenters. The highest BCUT2D eigenvalue weighted by Gasteiger charge is 2.20. The molecule has 0 aliphatic rings. The molecule has 1 unspecified atom stereocenters. The average Bonchev–Trinajstić information content (AvgIpc) is 2.37. The number of carboxylic acids is 1. The molecule has 21 heavy (non-hydrogen) atoms. The molecule has 1 rings (SSSR count). The fourth-order valence-corrected chi connectivity index (χ4v) is 2.02. The zero-order valence-corrected chi connectivity index (χ0v) is 13.1. The summed E-state index contributed by atoms with van der Waals surface area (Å²) in [5, 5.41) is 11.1. The zero-order valence-electron chi connectivity index (χ0n) is 13.1. The molecule has 0 aliphatic carbocycles. The van der Waals surface area contributed by atoms with Gasteiger partial charge in [0, 0.05) is 0 Å². The molecule has 0 radical (unpaired) electrons. The Morgan fingerprint density at radius 1 is 1.19 bits per heavy atom. The van der Waals surface area contributed by atoms with Gasteiger partial charge in [-0.05, 0) is 49.9 Å².